The fourth-order valence-electron chi connectivity index (χ4n) is 2.40. The number of aryl methyl sites for hydroxylation is 2. The van der Waals surface area contributed by atoms with E-state index in [1.807, 2.05) is 31.2 Å². The molecule has 4 heteroatoms. The second-order valence-corrected chi connectivity index (χ2v) is 5.57. The van der Waals surface area contributed by atoms with Crippen molar-refractivity contribution in [2.24, 2.45) is 0 Å². The van der Waals surface area contributed by atoms with Gasteiger partial charge in [0.15, 0.2) is 0 Å². The highest BCUT2D eigenvalue weighted by Gasteiger charge is 2.08. The van der Waals surface area contributed by atoms with Gasteiger partial charge in [-0.25, -0.2) is 4.79 Å². The predicted molar refractivity (Wildman–Crippen MR) is 99.5 cm³/mol. The lowest BCUT2D eigenvalue weighted by Gasteiger charge is -2.14. The Labute approximate surface area is 143 Å². The molecule has 2 amide bonds. The van der Waals surface area contributed by atoms with Crippen LogP contribution in [0.4, 0.5) is 10.5 Å². The molecule has 0 aliphatic rings. The van der Waals surface area contributed by atoms with E-state index >= 15 is 0 Å². The first-order valence-corrected chi connectivity index (χ1v) is 8.03. The molecule has 0 atom stereocenters. The third-order valence-corrected chi connectivity index (χ3v) is 3.88. The van der Waals surface area contributed by atoms with Crippen LogP contribution in [0.5, 0.6) is 5.75 Å². The lowest BCUT2D eigenvalue weighted by molar-refractivity contribution is 0.254. The van der Waals surface area contributed by atoms with Crippen molar-refractivity contribution in [1.29, 1.82) is 0 Å². The largest absolute Gasteiger partial charge is 0.489 e. The van der Waals surface area contributed by atoms with E-state index in [2.05, 4.69) is 36.3 Å². The molecule has 0 unspecified atom stereocenters. The summed E-state index contributed by atoms with van der Waals surface area (Å²) in [7, 11) is 1.58. The van der Waals surface area contributed by atoms with Crippen LogP contribution in [-0.2, 0) is 13.0 Å². The molecule has 126 valence electrons. The van der Waals surface area contributed by atoms with Crippen molar-refractivity contribution in [3.8, 4) is 5.75 Å². The predicted octanol–water partition coefficient (Wildman–Crippen LogP) is 4.53. The second-order valence-electron chi connectivity index (χ2n) is 5.57. The van der Waals surface area contributed by atoms with Crippen LogP contribution in [-0.4, -0.2) is 13.1 Å². The molecule has 0 aliphatic carbocycles. The summed E-state index contributed by atoms with van der Waals surface area (Å²) < 4.78 is 5.95. The topological polar surface area (TPSA) is 50.4 Å². The van der Waals surface area contributed by atoms with Gasteiger partial charge in [0.05, 0.1) is 0 Å². The van der Waals surface area contributed by atoms with E-state index in [4.69, 9.17) is 4.74 Å². The van der Waals surface area contributed by atoms with Crippen molar-refractivity contribution in [3.63, 3.8) is 0 Å². The Morgan fingerprint density at radius 3 is 2.67 bits per heavy atom. The molecular weight excluding hydrogens is 300 g/mol. The number of urea groups is 1. The van der Waals surface area contributed by atoms with Gasteiger partial charge in [-0.1, -0.05) is 43.8 Å². The van der Waals surface area contributed by atoms with Crippen LogP contribution in [0.25, 0.3) is 6.08 Å². The first-order chi connectivity index (χ1) is 11.6. The molecule has 0 heterocycles. The lowest BCUT2D eigenvalue weighted by atomic mass is 10.1. The zero-order chi connectivity index (χ0) is 17.5. The molecule has 2 aromatic carbocycles. The van der Waals surface area contributed by atoms with Crippen molar-refractivity contribution in [1.82, 2.24) is 5.32 Å². The third kappa shape index (κ3) is 4.38. The lowest BCUT2D eigenvalue weighted by Crippen LogP contribution is -2.25. The van der Waals surface area contributed by atoms with Gasteiger partial charge in [-0.05, 0) is 42.2 Å². The monoisotopic (exact) mass is 324 g/mol. The Bertz CT molecular complexity index is 738. The maximum Gasteiger partial charge on any atom is 0.318 e. The van der Waals surface area contributed by atoms with Gasteiger partial charge in [0.25, 0.3) is 0 Å². The van der Waals surface area contributed by atoms with E-state index in [0.717, 1.165) is 34.5 Å². The van der Waals surface area contributed by atoms with Crippen molar-refractivity contribution < 1.29 is 9.53 Å². The SMILES string of the molecule is C=Cc1ccc(COc2ccc(CC)cc2C)c(NC(=O)NC)c1. The van der Waals surface area contributed by atoms with E-state index < -0.39 is 0 Å². The summed E-state index contributed by atoms with van der Waals surface area (Å²) in [6.07, 6.45) is 2.75. The van der Waals surface area contributed by atoms with Gasteiger partial charge in [-0.3, -0.25) is 0 Å². The van der Waals surface area contributed by atoms with Gasteiger partial charge >= 0.3 is 6.03 Å². The van der Waals surface area contributed by atoms with E-state index in [1.54, 1.807) is 13.1 Å². The van der Waals surface area contributed by atoms with Crippen molar-refractivity contribution in [2.75, 3.05) is 12.4 Å². The minimum absolute atomic E-state index is 0.263. The average molecular weight is 324 g/mol. The average Bonchev–Trinajstić information content (AvgIpc) is 2.61. The second kappa shape index (κ2) is 8.20. The number of anilines is 1. The molecule has 2 aromatic rings. The van der Waals surface area contributed by atoms with Crippen LogP contribution < -0.4 is 15.4 Å². The van der Waals surface area contributed by atoms with Gasteiger partial charge < -0.3 is 15.4 Å². The molecule has 0 fully saturated rings. The number of benzene rings is 2. The molecule has 0 aliphatic heterocycles. The number of ether oxygens (including phenoxy) is 1. The number of hydrogen-bond acceptors (Lipinski definition) is 2. The standard InChI is InChI=1S/C20H24N2O2/c1-5-15-8-10-19(14(3)11-15)24-13-17-9-7-16(6-2)12-18(17)22-20(23)21-4/h6-12H,2,5,13H2,1,3-4H3,(H2,21,22,23). The maximum absolute atomic E-state index is 11.6. The first-order valence-electron chi connectivity index (χ1n) is 8.03. The normalized spacial score (nSPS) is 10.1. The number of carbonyl (C=O) groups is 1. The summed E-state index contributed by atoms with van der Waals surface area (Å²) in [6.45, 7) is 8.31. The summed E-state index contributed by atoms with van der Waals surface area (Å²) in [5, 5.41) is 5.38. The Morgan fingerprint density at radius 2 is 2.04 bits per heavy atom. The zero-order valence-electron chi connectivity index (χ0n) is 14.5. The van der Waals surface area contributed by atoms with Crippen LogP contribution >= 0.6 is 0 Å². The third-order valence-electron chi connectivity index (χ3n) is 3.88. The van der Waals surface area contributed by atoms with Gasteiger partial charge in [0.1, 0.15) is 12.4 Å². The van der Waals surface area contributed by atoms with Crippen molar-refractivity contribution in [3.05, 3.63) is 65.2 Å². The minimum atomic E-state index is -0.263. The fourth-order valence-corrected chi connectivity index (χ4v) is 2.40. The molecule has 0 saturated heterocycles. The van der Waals surface area contributed by atoms with Gasteiger partial charge in [-0.15, -0.1) is 0 Å². The molecule has 0 saturated carbocycles. The molecule has 0 aromatic heterocycles. The molecule has 24 heavy (non-hydrogen) atoms. The van der Waals surface area contributed by atoms with Gasteiger partial charge in [0.2, 0.25) is 0 Å². The molecule has 0 radical (unpaired) electrons. The Hall–Kier alpha value is -2.75. The Kier molecular flexibility index (Phi) is 6.01. The summed E-state index contributed by atoms with van der Waals surface area (Å²) in [6, 6.07) is 11.7. The molecular formula is C20H24N2O2. The maximum atomic E-state index is 11.6. The highest BCUT2D eigenvalue weighted by molar-refractivity contribution is 5.90. The Morgan fingerprint density at radius 1 is 1.25 bits per heavy atom. The van der Waals surface area contributed by atoms with E-state index in [1.165, 1.54) is 5.56 Å². The quantitative estimate of drug-likeness (QED) is 0.820. The smallest absolute Gasteiger partial charge is 0.318 e. The summed E-state index contributed by atoms with van der Waals surface area (Å²) in [4.78, 5) is 11.6. The highest BCUT2D eigenvalue weighted by Crippen LogP contribution is 2.24. The first kappa shape index (κ1) is 17.6. The van der Waals surface area contributed by atoms with Crippen LogP contribution in [0.1, 0.15) is 29.2 Å². The minimum Gasteiger partial charge on any atom is -0.489 e. The highest BCUT2D eigenvalue weighted by atomic mass is 16.5. The Balaban J connectivity index is 2.19. The number of hydrogen-bond donors (Lipinski definition) is 2. The van der Waals surface area contributed by atoms with Gasteiger partial charge in [-0.2, -0.15) is 0 Å². The van der Waals surface area contributed by atoms with Crippen LogP contribution in [0.15, 0.2) is 43.0 Å². The number of nitrogens with one attached hydrogen (secondary N) is 2. The molecule has 2 N–H and O–H groups in total. The summed E-state index contributed by atoms with van der Waals surface area (Å²) >= 11 is 0. The number of rotatable bonds is 6. The van der Waals surface area contributed by atoms with Crippen LogP contribution in [0.3, 0.4) is 0 Å². The van der Waals surface area contributed by atoms with Crippen LogP contribution in [0, 0.1) is 6.92 Å². The number of amides is 2. The van der Waals surface area contributed by atoms with Crippen molar-refractivity contribution >= 4 is 17.8 Å². The van der Waals surface area contributed by atoms with E-state index in [-0.39, 0.29) is 6.03 Å². The van der Waals surface area contributed by atoms with Gasteiger partial charge in [0, 0.05) is 18.3 Å². The zero-order valence-corrected chi connectivity index (χ0v) is 14.5. The summed E-state index contributed by atoms with van der Waals surface area (Å²) in [5.41, 5.74) is 4.96. The van der Waals surface area contributed by atoms with E-state index in [0.29, 0.717) is 6.61 Å². The summed E-state index contributed by atoms with van der Waals surface area (Å²) in [5.74, 6) is 0.853. The van der Waals surface area contributed by atoms with Crippen LogP contribution in [0.2, 0.25) is 0 Å². The fraction of sp³-hybridized carbons (Fsp3) is 0.250. The molecule has 0 bridgehead atoms. The molecule has 2 rings (SSSR count). The molecule has 0 spiro atoms. The van der Waals surface area contributed by atoms with Crippen molar-refractivity contribution in [2.45, 2.75) is 26.9 Å². The van der Waals surface area contributed by atoms with E-state index in [9.17, 15) is 4.79 Å². The molecule has 4 nitrogen and oxygen atoms in total. The number of carbonyl (C=O) groups excluding carboxylic acids is 1.